The SMILES string of the molecule is O=C(CSc1ncc(-c2ccccc2)n1C[C@H]1CCCO1)N1CCOCC1. The number of aromatic nitrogens is 2. The van der Waals surface area contributed by atoms with Crippen molar-refractivity contribution < 1.29 is 14.3 Å². The molecule has 2 fully saturated rings. The molecular weight excluding hydrogens is 362 g/mol. The summed E-state index contributed by atoms with van der Waals surface area (Å²) in [5.74, 6) is 0.549. The summed E-state index contributed by atoms with van der Waals surface area (Å²) in [6.07, 6.45) is 4.31. The van der Waals surface area contributed by atoms with Crippen LogP contribution >= 0.6 is 11.8 Å². The monoisotopic (exact) mass is 387 g/mol. The number of hydrogen-bond donors (Lipinski definition) is 0. The number of benzene rings is 1. The molecule has 3 heterocycles. The molecule has 2 saturated heterocycles. The van der Waals surface area contributed by atoms with E-state index in [1.807, 2.05) is 29.3 Å². The van der Waals surface area contributed by atoms with Gasteiger partial charge in [-0.15, -0.1) is 0 Å². The number of nitrogens with zero attached hydrogens (tertiary/aromatic N) is 3. The molecule has 0 spiro atoms. The van der Waals surface area contributed by atoms with Gasteiger partial charge in [0.25, 0.3) is 0 Å². The molecule has 4 rings (SSSR count). The van der Waals surface area contributed by atoms with Gasteiger partial charge in [0.15, 0.2) is 5.16 Å². The lowest BCUT2D eigenvalue weighted by Crippen LogP contribution is -2.41. The third-order valence-electron chi connectivity index (χ3n) is 4.99. The molecular formula is C20H25N3O3S. The second-order valence-corrected chi connectivity index (χ2v) is 7.76. The highest BCUT2D eigenvalue weighted by Gasteiger charge is 2.22. The molecule has 1 amide bonds. The lowest BCUT2D eigenvalue weighted by molar-refractivity contribution is -0.132. The van der Waals surface area contributed by atoms with E-state index in [4.69, 9.17) is 9.47 Å². The van der Waals surface area contributed by atoms with Crippen molar-refractivity contribution >= 4 is 17.7 Å². The first-order valence-electron chi connectivity index (χ1n) is 9.52. The van der Waals surface area contributed by atoms with Crippen LogP contribution in [0.25, 0.3) is 11.3 Å². The Balaban J connectivity index is 1.50. The molecule has 1 atom stereocenters. The van der Waals surface area contributed by atoms with Crippen LogP contribution in [0.2, 0.25) is 0 Å². The molecule has 0 N–H and O–H groups in total. The van der Waals surface area contributed by atoms with Crippen molar-refractivity contribution in [2.75, 3.05) is 38.7 Å². The van der Waals surface area contributed by atoms with Crippen molar-refractivity contribution in [1.29, 1.82) is 0 Å². The summed E-state index contributed by atoms with van der Waals surface area (Å²) >= 11 is 1.51. The van der Waals surface area contributed by atoms with Crippen molar-refractivity contribution in [3.8, 4) is 11.3 Å². The summed E-state index contributed by atoms with van der Waals surface area (Å²) in [6.45, 7) is 4.22. The van der Waals surface area contributed by atoms with Gasteiger partial charge in [0, 0.05) is 19.7 Å². The molecule has 2 aromatic rings. The van der Waals surface area contributed by atoms with E-state index >= 15 is 0 Å². The van der Waals surface area contributed by atoms with Gasteiger partial charge < -0.3 is 18.9 Å². The van der Waals surface area contributed by atoms with E-state index in [2.05, 4.69) is 21.7 Å². The van der Waals surface area contributed by atoms with E-state index in [-0.39, 0.29) is 12.0 Å². The fraction of sp³-hybridized carbons (Fsp3) is 0.500. The molecule has 0 radical (unpaired) electrons. The van der Waals surface area contributed by atoms with Crippen LogP contribution in [0, 0.1) is 0 Å². The third kappa shape index (κ3) is 4.54. The Hall–Kier alpha value is -1.83. The molecule has 6 nitrogen and oxygen atoms in total. The summed E-state index contributed by atoms with van der Waals surface area (Å²) in [6, 6.07) is 10.3. The lowest BCUT2D eigenvalue weighted by Gasteiger charge is -2.26. The van der Waals surface area contributed by atoms with Crippen LogP contribution in [0.5, 0.6) is 0 Å². The Labute approximate surface area is 163 Å². The smallest absolute Gasteiger partial charge is 0.233 e. The van der Waals surface area contributed by atoms with Crippen molar-refractivity contribution in [1.82, 2.24) is 14.5 Å². The number of carbonyl (C=O) groups excluding carboxylic acids is 1. The van der Waals surface area contributed by atoms with Crippen LogP contribution in [-0.4, -0.2) is 65.1 Å². The molecule has 27 heavy (non-hydrogen) atoms. The van der Waals surface area contributed by atoms with Crippen molar-refractivity contribution in [2.45, 2.75) is 30.6 Å². The van der Waals surface area contributed by atoms with E-state index in [0.29, 0.717) is 32.1 Å². The van der Waals surface area contributed by atoms with Gasteiger partial charge in [-0.1, -0.05) is 42.1 Å². The molecule has 2 aliphatic heterocycles. The highest BCUT2D eigenvalue weighted by Crippen LogP contribution is 2.28. The summed E-state index contributed by atoms with van der Waals surface area (Å²) in [7, 11) is 0. The van der Waals surface area contributed by atoms with Crippen LogP contribution in [0.1, 0.15) is 12.8 Å². The van der Waals surface area contributed by atoms with Gasteiger partial charge in [-0.2, -0.15) is 0 Å². The first kappa shape index (κ1) is 18.5. The van der Waals surface area contributed by atoms with E-state index in [9.17, 15) is 4.79 Å². The molecule has 2 aliphatic rings. The number of thioether (sulfide) groups is 1. The number of rotatable bonds is 6. The number of amides is 1. The topological polar surface area (TPSA) is 56.6 Å². The average molecular weight is 388 g/mol. The van der Waals surface area contributed by atoms with Gasteiger partial charge in [0.1, 0.15) is 0 Å². The molecule has 7 heteroatoms. The normalized spacial score (nSPS) is 20.1. The van der Waals surface area contributed by atoms with Crippen LogP contribution in [0.4, 0.5) is 0 Å². The molecule has 0 unspecified atom stereocenters. The van der Waals surface area contributed by atoms with Gasteiger partial charge in [-0.3, -0.25) is 4.79 Å². The number of carbonyl (C=O) groups is 1. The van der Waals surface area contributed by atoms with E-state index < -0.39 is 0 Å². The van der Waals surface area contributed by atoms with Crippen LogP contribution < -0.4 is 0 Å². The van der Waals surface area contributed by atoms with Gasteiger partial charge in [-0.25, -0.2) is 4.98 Å². The number of morpholine rings is 1. The van der Waals surface area contributed by atoms with Gasteiger partial charge in [0.2, 0.25) is 5.91 Å². The summed E-state index contributed by atoms with van der Waals surface area (Å²) < 4.78 is 13.4. The minimum atomic E-state index is 0.149. The van der Waals surface area contributed by atoms with E-state index in [0.717, 1.165) is 42.4 Å². The minimum absolute atomic E-state index is 0.149. The second-order valence-electron chi connectivity index (χ2n) is 6.82. The fourth-order valence-corrected chi connectivity index (χ4v) is 4.40. The highest BCUT2D eigenvalue weighted by atomic mass is 32.2. The van der Waals surface area contributed by atoms with Gasteiger partial charge in [-0.05, 0) is 18.4 Å². The Kier molecular flexibility index (Phi) is 6.11. The first-order valence-corrected chi connectivity index (χ1v) is 10.5. The lowest BCUT2D eigenvalue weighted by atomic mass is 10.1. The molecule has 0 aliphatic carbocycles. The molecule has 0 saturated carbocycles. The zero-order chi connectivity index (χ0) is 18.5. The maximum absolute atomic E-state index is 12.5. The van der Waals surface area contributed by atoms with Crippen molar-refractivity contribution in [3.05, 3.63) is 36.5 Å². The third-order valence-corrected chi connectivity index (χ3v) is 5.96. The standard InChI is InChI=1S/C20H25N3O3S/c24-19(22-8-11-25-12-9-22)15-27-20-21-13-18(16-5-2-1-3-6-16)23(20)14-17-7-4-10-26-17/h1-3,5-6,13,17H,4,7-12,14-15H2/t17-/m1/s1. The Morgan fingerprint density at radius 2 is 2.00 bits per heavy atom. The van der Waals surface area contributed by atoms with Crippen molar-refractivity contribution in [2.24, 2.45) is 0 Å². The van der Waals surface area contributed by atoms with Gasteiger partial charge in [0.05, 0.1) is 43.5 Å². The fourth-order valence-electron chi connectivity index (χ4n) is 3.51. The molecule has 144 valence electrons. The summed E-state index contributed by atoms with van der Waals surface area (Å²) in [5, 5.41) is 0.881. The molecule has 1 aromatic carbocycles. The number of hydrogen-bond acceptors (Lipinski definition) is 5. The maximum atomic E-state index is 12.5. The van der Waals surface area contributed by atoms with E-state index in [1.165, 1.54) is 11.8 Å². The average Bonchev–Trinajstić information content (AvgIpc) is 3.38. The van der Waals surface area contributed by atoms with Crippen molar-refractivity contribution in [3.63, 3.8) is 0 Å². The maximum Gasteiger partial charge on any atom is 0.233 e. The predicted octanol–water partition coefficient (Wildman–Crippen LogP) is 2.68. The Bertz CT molecular complexity index is 753. The summed E-state index contributed by atoms with van der Waals surface area (Å²) in [4.78, 5) is 19.0. The molecule has 0 bridgehead atoms. The second kappa shape index (κ2) is 8.91. The largest absolute Gasteiger partial charge is 0.378 e. The summed E-state index contributed by atoms with van der Waals surface area (Å²) in [5.41, 5.74) is 2.21. The zero-order valence-electron chi connectivity index (χ0n) is 15.4. The first-order chi connectivity index (χ1) is 13.3. The minimum Gasteiger partial charge on any atom is -0.378 e. The highest BCUT2D eigenvalue weighted by molar-refractivity contribution is 7.99. The van der Waals surface area contributed by atoms with Crippen LogP contribution in [0.15, 0.2) is 41.7 Å². The van der Waals surface area contributed by atoms with Gasteiger partial charge >= 0.3 is 0 Å². The van der Waals surface area contributed by atoms with Crippen LogP contribution in [-0.2, 0) is 20.8 Å². The number of imidazole rings is 1. The van der Waals surface area contributed by atoms with E-state index in [1.54, 1.807) is 0 Å². The predicted molar refractivity (Wildman–Crippen MR) is 105 cm³/mol. The Morgan fingerprint density at radius 3 is 2.74 bits per heavy atom. The molecule has 1 aromatic heterocycles. The zero-order valence-corrected chi connectivity index (χ0v) is 16.2. The van der Waals surface area contributed by atoms with Crippen LogP contribution in [0.3, 0.4) is 0 Å². The number of ether oxygens (including phenoxy) is 2. The Morgan fingerprint density at radius 1 is 1.19 bits per heavy atom. The quantitative estimate of drug-likeness (QED) is 0.714.